The van der Waals surface area contributed by atoms with E-state index in [1.54, 1.807) is 24.3 Å². The molecule has 2 aliphatic heterocycles. The molecule has 2 atom stereocenters. The number of hydrogen-bond acceptors (Lipinski definition) is 6. The molecular weight excluding hydrogens is 440 g/mol. The van der Waals surface area contributed by atoms with Gasteiger partial charge in [-0.1, -0.05) is 18.6 Å². The third kappa shape index (κ3) is 6.88. The van der Waals surface area contributed by atoms with Gasteiger partial charge in [0.25, 0.3) is 0 Å². The van der Waals surface area contributed by atoms with E-state index in [1.165, 1.54) is 22.0 Å². The van der Waals surface area contributed by atoms with Crippen molar-refractivity contribution in [1.82, 2.24) is 15.1 Å². The molecule has 4 amide bonds. The van der Waals surface area contributed by atoms with E-state index < -0.39 is 12.3 Å². The Morgan fingerprint density at radius 3 is 2.53 bits per heavy atom. The van der Waals surface area contributed by atoms with Crippen molar-refractivity contribution in [2.24, 2.45) is 0 Å². The summed E-state index contributed by atoms with van der Waals surface area (Å²) in [5.41, 5.74) is 1.33. The largest absolute Gasteiger partial charge is 0.392 e. The molecule has 0 aliphatic carbocycles. The van der Waals surface area contributed by atoms with Gasteiger partial charge in [-0.25, -0.2) is 0 Å². The lowest BCUT2D eigenvalue weighted by Gasteiger charge is -2.24. The van der Waals surface area contributed by atoms with Crippen LogP contribution in [0.2, 0.25) is 0 Å². The molecule has 4 N–H and O–H groups in total. The number of likely N-dealkylation sites (tertiary alicyclic amines) is 1. The molecule has 0 radical (unpaired) electrons. The molecule has 2 aliphatic rings. The van der Waals surface area contributed by atoms with Gasteiger partial charge in [0.05, 0.1) is 13.2 Å². The van der Waals surface area contributed by atoms with Crippen molar-refractivity contribution in [3.8, 4) is 0 Å². The highest BCUT2D eigenvalue weighted by atomic mass is 16.3. The summed E-state index contributed by atoms with van der Waals surface area (Å²) in [5.74, 6) is -1.02. The second-order valence-electron chi connectivity index (χ2n) is 8.48. The van der Waals surface area contributed by atoms with Gasteiger partial charge in [-0.2, -0.15) is 0 Å². The summed E-state index contributed by atoms with van der Waals surface area (Å²) in [5, 5.41) is 24.2. The molecule has 1 fully saturated rings. The molecule has 0 spiro atoms. The minimum absolute atomic E-state index is 0.0771. The van der Waals surface area contributed by atoms with Crippen LogP contribution in [0, 0.1) is 0 Å². The molecule has 0 saturated carbocycles. The topological polar surface area (TPSA) is 139 Å². The van der Waals surface area contributed by atoms with Gasteiger partial charge in [0.2, 0.25) is 23.6 Å². The zero-order valence-electron chi connectivity index (χ0n) is 19.1. The number of unbranched alkanes of at least 4 members (excludes halogenated alkanes) is 2. The zero-order chi connectivity index (χ0) is 24.5. The molecule has 1 saturated heterocycles. The van der Waals surface area contributed by atoms with Crippen molar-refractivity contribution < 1.29 is 29.4 Å². The van der Waals surface area contributed by atoms with Crippen LogP contribution < -0.4 is 10.6 Å². The Bertz CT molecular complexity index is 917. The van der Waals surface area contributed by atoms with Gasteiger partial charge in [-0.3, -0.25) is 19.2 Å². The third-order valence-electron chi connectivity index (χ3n) is 6.03. The summed E-state index contributed by atoms with van der Waals surface area (Å²) in [4.78, 5) is 51.8. The lowest BCUT2D eigenvalue weighted by atomic mass is 10.1. The number of rotatable bonds is 11. The van der Waals surface area contributed by atoms with E-state index in [2.05, 4.69) is 10.6 Å². The fourth-order valence-corrected chi connectivity index (χ4v) is 4.11. The molecular formula is C24H32N4O6. The van der Waals surface area contributed by atoms with Crippen LogP contribution >= 0.6 is 0 Å². The Balaban J connectivity index is 1.34. The standard InChI is InChI=1S/C24H32N4O6/c29-16-17-7-9-18(10-8-17)26-24(34)19-5-4-14-27(19)23(33)15-25-20(30)6-2-1-3-13-28-21(31)11-12-22(28)32/h7-12,19,21,29,31H,1-6,13-16H2,(H,25,30)(H,26,34)/t19-,21?/m0/s1. The van der Waals surface area contributed by atoms with Gasteiger partial charge in [0.15, 0.2) is 0 Å². The smallest absolute Gasteiger partial charge is 0.248 e. The highest BCUT2D eigenvalue weighted by Crippen LogP contribution is 2.20. The fraction of sp³-hybridized carbons (Fsp3) is 0.500. The molecule has 1 aromatic rings. The van der Waals surface area contributed by atoms with Crippen molar-refractivity contribution in [2.45, 2.75) is 57.4 Å². The molecule has 2 heterocycles. The highest BCUT2D eigenvalue weighted by molar-refractivity contribution is 5.98. The van der Waals surface area contributed by atoms with Crippen LogP contribution in [0.4, 0.5) is 5.69 Å². The number of carbonyl (C=O) groups is 4. The maximum Gasteiger partial charge on any atom is 0.248 e. The minimum atomic E-state index is -0.870. The number of amides is 4. The predicted octanol–water partition coefficient (Wildman–Crippen LogP) is 0.502. The summed E-state index contributed by atoms with van der Waals surface area (Å²) in [7, 11) is 0. The number of nitrogens with zero attached hydrogens (tertiary/aromatic N) is 2. The average molecular weight is 473 g/mol. The maximum absolute atomic E-state index is 12.7. The van der Waals surface area contributed by atoms with Crippen LogP contribution in [0.5, 0.6) is 0 Å². The first-order valence-electron chi connectivity index (χ1n) is 11.6. The molecule has 1 unspecified atom stereocenters. The van der Waals surface area contributed by atoms with E-state index in [0.717, 1.165) is 5.56 Å². The van der Waals surface area contributed by atoms with Gasteiger partial charge < -0.3 is 30.6 Å². The van der Waals surface area contributed by atoms with E-state index in [4.69, 9.17) is 5.11 Å². The number of anilines is 1. The number of hydrogen-bond donors (Lipinski definition) is 4. The molecule has 0 aromatic heterocycles. The summed E-state index contributed by atoms with van der Waals surface area (Å²) >= 11 is 0. The van der Waals surface area contributed by atoms with Crippen molar-refractivity contribution >= 4 is 29.3 Å². The first kappa shape index (κ1) is 25.4. The van der Waals surface area contributed by atoms with E-state index >= 15 is 0 Å². The normalized spacial score (nSPS) is 19.5. The number of nitrogens with one attached hydrogen (secondary N) is 2. The van der Waals surface area contributed by atoms with Gasteiger partial charge in [0, 0.05) is 31.3 Å². The third-order valence-corrected chi connectivity index (χ3v) is 6.03. The zero-order valence-corrected chi connectivity index (χ0v) is 19.1. The number of benzene rings is 1. The van der Waals surface area contributed by atoms with Gasteiger partial charge in [0.1, 0.15) is 12.3 Å². The Kier molecular flexibility index (Phi) is 9.17. The summed E-state index contributed by atoms with van der Waals surface area (Å²) in [6, 6.07) is 6.25. The molecule has 10 nitrogen and oxygen atoms in total. The van der Waals surface area contributed by atoms with Crippen LogP contribution in [-0.2, 0) is 25.8 Å². The molecule has 10 heteroatoms. The quantitative estimate of drug-likeness (QED) is 0.346. The molecule has 184 valence electrons. The minimum Gasteiger partial charge on any atom is -0.392 e. The van der Waals surface area contributed by atoms with E-state index in [-0.39, 0.29) is 43.2 Å². The number of carbonyl (C=O) groups excluding carboxylic acids is 4. The van der Waals surface area contributed by atoms with Crippen molar-refractivity contribution in [3.05, 3.63) is 42.0 Å². The van der Waals surface area contributed by atoms with Crippen LogP contribution in [-0.4, -0.2) is 75.5 Å². The monoisotopic (exact) mass is 472 g/mol. The Morgan fingerprint density at radius 2 is 1.85 bits per heavy atom. The predicted molar refractivity (Wildman–Crippen MR) is 124 cm³/mol. The van der Waals surface area contributed by atoms with Crippen molar-refractivity contribution in [3.63, 3.8) is 0 Å². The summed E-state index contributed by atoms with van der Waals surface area (Å²) in [6.07, 6.45) is 5.44. The number of aliphatic hydroxyl groups is 2. The highest BCUT2D eigenvalue weighted by Gasteiger charge is 2.34. The Labute approximate surface area is 198 Å². The van der Waals surface area contributed by atoms with Crippen LogP contribution in [0.3, 0.4) is 0 Å². The Hall–Kier alpha value is -3.24. The summed E-state index contributed by atoms with van der Waals surface area (Å²) in [6.45, 7) is 0.656. The average Bonchev–Trinajstić information content (AvgIpc) is 3.45. The van der Waals surface area contributed by atoms with Crippen molar-refractivity contribution in [2.75, 3.05) is 25.0 Å². The summed E-state index contributed by atoms with van der Waals surface area (Å²) < 4.78 is 0. The second-order valence-corrected chi connectivity index (χ2v) is 8.48. The lowest BCUT2D eigenvalue weighted by Crippen LogP contribution is -2.47. The fourth-order valence-electron chi connectivity index (χ4n) is 4.11. The first-order valence-corrected chi connectivity index (χ1v) is 11.6. The second kappa shape index (κ2) is 12.3. The van der Waals surface area contributed by atoms with Crippen LogP contribution in [0.1, 0.15) is 44.1 Å². The SMILES string of the molecule is O=C(CCCCCN1C(=O)C=CC1O)NCC(=O)N1CCC[C@H]1C(=O)Nc1ccc(CO)cc1. The molecule has 34 heavy (non-hydrogen) atoms. The van der Waals surface area contributed by atoms with Crippen molar-refractivity contribution in [1.29, 1.82) is 0 Å². The van der Waals surface area contributed by atoms with Gasteiger partial charge >= 0.3 is 0 Å². The van der Waals surface area contributed by atoms with Crippen LogP contribution in [0.25, 0.3) is 0 Å². The lowest BCUT2D eigenvalue weighted by molar-refractivity contribution is -0.137. The first-order chi connectivity index (χ1) is 16.4. The molecule has 1 aromatic carbocycles. The Morgan fingerprint density at radius 1 is 1.09 bits per heavy atom. The number of aliphatic hydroxyl groups excluding tert-OH is 2. The molecule has 3 rings (SSSR count). The molecule has 0 bridgehead atoms. The van der Waals surface area contributed by atoms with Crippen LogP contribution in [0.15, 0.2) is 36.4 Å². The van der Waals surface area contributed by atoms with Gasteiger partial charge in [-0.15, -0.1) is 0 Å². The van der Waals surface area contributed by atoms with Gasteiger partial charge in [-0.05, 0) is 49.5 Å². The van der Waals surface area contributed by atoms with E-state index in [9.17, 15) is 24.3 Å². The van der Waals surface area contributed by atoms with E-state index in [1.807, 2.05) is 0 Å². The maximum atomic E-state index is 12.7. The van der Waals surface area contributed by atoms with E-state index in [0.29, 0.717) is 50.9 Å².